The van der Waals surface area contributed by atoms with Crippen molar-refractivity contribution in [3.63, 3.8) is 0 Å². The van der Waals surface area contributed by atoms with E-state index in [-0.39, 0.29) is 25.7 Å². The van der Waals surface area contributed by atoms with E-state index in [0.29, 0.717) is 25.7 Å². The van der Waals surface area contributed by atoms with Crippen LogP contribution in [0.5, 0.6) is 0 Å². The number of esters is 4. The Labute approximate surface area is 568 Å². The zero-order chi connectivity index (χ0) is 68.9. The maximum absolute atomic E-state index is 13.0. The summed E-state index contributed by atoms with van der Waals surface area (Å²) in [4.78, 5) is 72.7. The third-order valence-electron chi connectivity index (χ3n) is 17.8. The van der Waals surface area contributed by atoms with E-state index in [2.05, 4.69) is 55.4 Å². The second-order valence-electron chi connectivity index (χ2n) is 28.1. The van der Waals surface area contributed by atoms with Crippen molar-refractivity contribution in [2.45, 2.75) is 388 Å². The van der Waals surface area contributed by atoms with Crippen molar-refractivity contribution in [2.75, 3.05) is 39.6 Å². The molecule has 0 aliphatic carbocycles. The zero-order valence-corrected chi connectivity index (χ0v) is 62.7. The van der Waals surface area contributed by atoms with Gasteiger partial charge in [-0.1, -0.05) is 319 Å². The van der Waals surface area contributed by atoms with Crippen molar-refractivity contribution in [1.29, 1.82) is 0 Å². The minimum Gasteiger partial charge on any atom is -0.462 e. The Morgan fingerprint density at radius 1 is 0.301 bits per heavy atom. The Balaban J connectivity index is 5.25. The van der Waals surface area contributed by atoms with Gasteiger partial charge in [-0.15, -0.1) is 0 Å². The van der Waals surface area contributed by atoms with Crippen LogP contribution in [0.3, 0.4) is 0 Å². The van der Waals surface area contributed by atoms with Gasteiger partial charge < -0.3 is 33.8 Å². The number of phosphoric ester groups is 2. The van der Waals surface area contributed by atoms with Crippen molar-refractivity contribution < 1.29 is 80.2 Å². The van der Waals surface area contributed by atoms with E-state index in [1.54, 1.807) is 0 Å². The summed E-state index contributed by atoms with van der Waals surface area (Å²) in [5, 5.41) is 10.6. The fourth-order valence-electron chi connectivity index (χ4n) is 11.1. The number of hydrogen-bond acceptors (Lipinski definition) is 15. The van der Waals surface area contributed by atoms with Gasteiger partial charge in [-0.05, 0) is 49.4 Å². The van der Waals surface area contributed by atoms with Crippen LogP contribution in [0.1, 0.15) is 370 Å². The van der Waals surface area contributed by atoms with Gasteiger partial charge in [0.05, 0.1) is 26.4 Å². The summed E-state index contributed by atoms with van der Waals surface area (Å²) in [6.07, 6.45) is 47.1. The number of rotatable bonds is 71. The molecule has 19 heteroatoms. The average molecular weight is 1370 g/mol. The molecule has 3 N–H and O–H groups in total. The molecule has 0 aliphatic heterocycles. The minimum atomic E-state index is -4.96. The SMILES string of the molecule is CCC(C)CCCCCCCCCCC(=O)OC[C@H](COP(=O)(O)OC[C@@H](O)COP(=O)(O)OC[C@@H](COC(=O)CCCCCCCCC(C)CC)OC(=O)CCCCCCCCCCCCCCCCC(C)C)OC(=O)CCCCCCCCCCCCCC(C)C. The van der Waals surface area contributed by atoms with Crippen LogP contribution in [-0.4, -0.2) is 96.7 Å². The van der Waals surface area contributed by atoms with E-state index in [9.17, 15) is 43.2 Å². The smallest absolute Gasteiger partial charge is 0.462 e. The summed E-state index contributed by atoms with van der Waals surface area (Å²) in [5.74, 6) is 0.944. The van der Waals surface area contributed by atoms with Gasteiger partial charge in [0.25, 0.3) is 0 Å². The number of hydrogen-bond donors (Lipinski definition) is 3. The highest BCUT2D eigenvalue weighted by atomic mass is 31.2. The number of unbranched alkanes of at least 4 members (excludes halogenated alkanes) is 35. The number of phosphoric acid groups is 2. The largest absolute Gasteiger partial charge is 0.472 e. The number of ether oxygens (including phenoxy) is 4. The second-order valence-corrected chi connectivity index (χ2v) is 31.0. The number of aliphatic hydroxyl groups excluding tert-OH is 1. The lowest BCUT2D eigenvalue weighted by Gasteiger charge is -2.21. The van der Waals surface area contributed by atoms with Crippen LogP contribution in [0.2, 0.25) is 0 Å². The van der Waals surface area contributed by atoms with Gasteiger partial charge in [0.2, 0.25) is 0 Å². The van der Waals surface area contributed by atoms with Gasteiger partial charge >= 0.3 is 39.5 Å². The molecule has 0 bridgehead atoms. The van der Waals surface area contributed by atoms with Crippen LogP contribution in [0.15, 0.2) is 0 Å². The summed E-state index contributed by atoms with van der Waals surface area (Å²) < 4.78 is 68.5. The quantitative estimate of drug-likeness (QED) is 0.0222. The van der Waals surface area contributed by atoms with Gasteiger partial charge in [-0.3, -0.25) is 37.3 Å². The minimum absolute atomic E-state index is 0.105. The molecule has 0 fully saturated rings. The Morgan fingerprint density at radius 2 is 0.516 bits per heavy atom. The van der Waals surface area contributed by atoms with Crippen molar-refractivity contribution in [2.24, 2.45) is 23.7 Å². The summed E-state index contributed by atoms with van der Waals surface area (Å²) in [6, 6.07) is 0. The van der Waals surface area contributed by atoms with Crippen molar-refractivity contribution in [1.82, 2.24) is 0 Å². The monoisotopic (exact) mass is 1370 g/mol. The van der Waals surface area contributed by atoms with Crippen LogP contribution in [0.4, 0.5) is 0 Å². The first kappa shape index (κ1) is 91.1. The number of carbonyl (C=O) groups is 4. The standard InChI is InChI=1S/C74H144O17P2/c1-9-66(7)52-44-36-28-24-25-29-38-46-54-71(76)84-60-69(90-74(79)57-49-41-31-23-19-15-17-21-27-35-43-51-65(5)6)62-88-92(80,81)86-58-68(75)59-87-93(82,83)89-63-70(61-85-72(77)55-47-39-33-32-37-45-53-67(8)10-2)91-73(78)56-48-40-30-22-18-14-12-11-13-16-20-26-34-42-50-64(3)4/h64-70,75H,9-63H2,1-8H3,(H,80,81)(H,82,83)/t66?,67?,68-,69-,70-/m1/s1. The van der Waals surface area contributed by atoms with E-state index >= 15 is 0 Å². The highest BCUT2D eigenvalue weighted by molar-refractivity contribution is 7.47. The molecule has 0 saturated heterocycles. The van der Waals surface area contributed by atoms with Crippen LogP contribution in [0.25, 0.3) is 0 Å². The first-order valence-electron chi connectivity index (χ1n) is 38.3. The lowest BCUT2D eigenvalue weighted by Crippen LogP contribution is -2.30. The Bertz CT molecular complexity index is 1840. The topological polar surface area (TPSA) is 237 Å². The van der Waals surface area contributed by atoms with Crippen LogP contribution < -0.4 is 0 Å². The summed E-state index contributed by atoms with van der Waals surface area (Å²) in [5.41, 5.74) is 0. The molecule has 0 spiro atoms. The molecule has 0 rings (SSSR count). The van der Waals surface area contributed by atoms with Gasteiger partial charge in [-0.25, -0.2) is 9.13 Å². The molecule has 7 atom stereocenters. The van der Waals surface area contributed by atoms with Crippen molar-refractivity contribution >= 4 is 39.5 Å². The summed E-state index contributed by atoms with van der Waals surface area (Å²) in [7, 11) is -9.91. The number of carbonyl (C=O) groups excluding carboxylic acids is 4. The molecule has 552 valence electrons. The van der Waals surface area contributed by atoms with Crippen LogP contribution in [-0.2, 0) is 65.4 Å². The van der Waals surface area contributed by atoms with E-state index in [1.807, 2.05) is 0 Å². The molecule has 0 saturated carbocycles. The lowest BCUT2D eigenvalue weighted by atomic mass is 9.99. The van der Waals surface area contributed by atoms with Crippen molar-refractivity contribution in [3.05, 3.63) is 0 Å². The molecule has 17 nitrogen and oxygen atoms in total. The third kappa shape index (κ3) is 65.8. The van der Waals surface area contributed by atoms with Gasteiger partial charge in [0.15, 0.2) is 12.2 Å². The molecular formula is C74H144O17P2. The molecule has 0 aliphatic rings. The van der Waals surface area contributed by atoms with Gasteiger partial charge in [-0.2, -0.15) is 0 Å². The molecule has 0 aromatic heterocycles. The second kappa shape index (κ2) is 63.5. The summed E-state index contributed by atoms with van der Waals surface area (Å²) in [6.45, 7) is 14.2. The Hall–Kier alpha value is -1.94. The van der Waals surface area contributed by atoms with E-state index in [1.165, 1.54) is 167 Å². The normalized spacial score (nSPS) is 14.8. The molecule has 93 heavy (non-hydrogen) atoms. The third-order valence-corrected chi connectivity index (χ3v) is 19.7. The van der Waals surface area contributed by atoms with Crippen LogP contribution >= 0.6 is 15.6 Å². The molecule has 0 aromatic carbocycles. The average Bonchev–Trinajstić information content (AvgIpc) is 3.01. The Morgan fingerprint density at radius 3 is 0.763 bits per heavy atom. The lowest BCUT2D eigenvalue weighted by molar-refractivity contribution is -0.161. The van der Waals surface area contributed by atoms with E-state index in [4.69, 9.17) is 37.0 Å². The zero-order valence-electron chi connectivity index (χ0n) is 60.9. The maximum atomic E-state index is 13.0. The predicted molar refractivity (Wildman–Crippen MR) is 377 cm³/mol. The number of aliphatic hydroxyl groups is 1. The van der Waals surface area contributed by atoms with E-state index in [0.717, 1.165) is 120 Å². The predicted octanol–water partition coefficient (Wildman–Crippen LogP) is 21.3. The molecular weight excluding hydrogens is 1220 g/mol. The molecule has 4 unspecified atom stereocenters. The molecule has 0 amide bonds. The molecule has 0 aromatic rings. The highest BCUT2D eigenvalue weighted by Gasteiger charge is 2.30. The molecule has 0 radical (unpaired) electrons. The maximum Gasteiger partial charge on any atom is 0.472 e. The van der Waals surface area contributed by atoms with E-state index < -0.39 is 97.5 Å². The van der Waals surface area contributed by atoms with Crippen LogP contribution in [0, 0.1) is 23.7 Å². The van der Waals surface area contributed by atoms with Gasteiger partial charge in [0.1, 0.15) is 19.3 Å². The molecule has 0 heterocycles. The Kier molecular flexibility index (Phi) is 62.2. The fraction of sp³-hybridized carbons (Fsp3) is 0.946. The summed E-state index contributed by atoms with van der Waals surface area (Å²) >= 11 is 0. The first-order chi connectivity index (χ1) is 44.7. The first-order valence-corrected chi connectivity index (χ1v) is 41.3. The fourth-order valence-corrected chi connectivity index (χ4v) is 12.7. The highest BCUT2D eigenvalue weighted by Crippen LogP contribution is 2.45. The van der Waals surface area contributed by atoms with Crippen molar-refractivity contribution in [3.8, 4) is 0 Å². The van der Waals surface area contributed by atoms with Gasteiger partial charge in [0, 0.05) is 25.7 Å².